The van der Waals surface area contributed by atoms with Gasteiger partial charge < -0.3 is 16.3 Å². The molecule has 1 amide bonds. The average molecular weight is 253 g/mol. The third kappa shape index (κ3) is 3.47. The number of amidine groups is 1. The van der Waals surface area contributed by atoms with Crippen LogP contribution in [0.25, 0.3) is 0 Å². The van der Waals surface area contributed by atoms with Crippen molar-refractivity contribution >= 4 is 11.7 Å². The minimum absolute atomic E-state index is 0.0877. The molecule has 1 rings (SSSR count). The fourth-order valence-corrected chi connectivity index (χ4v) is 1.69. The number of rotatable bonds is 5. The lowest BCUT2D eigenvalue weighted by atomic mass is 10.1. The van der Waals surface area contributed by atoms with E-state index in [4.69, 9.17) is 10.9 Å². The van der Waals surface area contributed by atoms with Crippen molar-refractivity contribution in [3.8, 4) is 0 Å². The molecule has 0 aliphatic rings. The topological polar surface area (TPSA) is 106 Å². The van der Waals surface area contributed by atoms with Gasteiger partial charge in [0, 0.05) is 25.7 Å². The maximum atomic E-state index is 12.0. The molecule has 7 nitrogen and oxygen atoms in total. The molecule has 1 aromatic heterocycles. The highest BCUT2D eigenvalue weighted by Crippen LogP contribution is 2.07. The van der Waals surface area contributed by atoms with Crippen molar-refractivity contribution in [2.45, 2.75) is 32.7 Å². The summed E-state index contributed by atoms with van der Waals surface area (Å²) in [5.74, 6) is -0.108. The zero-order chi connectivity index (χ0) is 13.7. The second-order valence-electron chi connectivity index (χ2n) is 4.19. The van der Waals surface area contributed by atoms with E-state index in [1.165, 1.54) is 0 Å². The first-order chi connectivity index (χ1) is 8.47. The molecule has 4 N–H and O–H groups in total. The van der Waals surface area contributed by atoms with Crippen LogP contribution in [0.3, 0.4) is 0 Å². The van der Waals surface area contributed by atoms with Crippen molar-refractivity contribution < 1.29 is 10.0 Å². The molecule has 1 aromatic rings. The number of amides is 1. The summed E-state index contributed by atoms with van der Waals surface area (Å²) in [6, 6.07) is -0.210. The van der Waals surface area contributed by atoms with Crippen molar-refractivity contribution in [2.75, 3.05) is 0 Å². The van der Waals surface area contributed by atoms with Crippen LogP contribution in [-0.4, -0.2) is 32.8 Å². The van der Waals surface area contributed by atoms with Crippen LogP contribution in [0.2, 0.25) is 0 Å². The molecule has 0 saturated carbocycles. The number of nitrogens with two attached hydrogens (primary N) is 1. The SMILES string of the molecule is CCc1nn(C)cc1C(=O)NC(C)C/C(N)=N/O. The highest BCUT2D eigenvalue weighted by Gasteiger charge is 2.16. The lowest BCUT2D eigenvalue weighted by molar-refractivity contribution is 0.0940. The fourth-order valence-electron chi connectivity index (χ4n) is 1.69. The number of carbonyl (C=O) groups is 1. The molecular weight excluding hydrogens is 234 g/mol. The third-order valence-corrected chi connectivity index (χ3v) is 2.51. The predicted molar refractivity (Wildman–Crippen MR) is 67.5 cm³/mol. The number of nitrogens with zero attached hydrogens (tertiary/aromatic N) is 3. The minimum atomic E-state index is -0.210. The van der Waals surface area contributed by atoms with Crippen molar-refractivity contribution in [2.24, 2.45) is 17.9 Å². The Morgan fingerprint density at radius 1 is 1.72 bits per heavy atom. The summed E-state index contributed by atoms with van der Waals surface area (Å²) < 4.78 is 1.61. The van der Waals surface area contributed by atoms with Gasteiger partial charge in [0.25, 0.3) is 5.91 Å². The molecule has 1 heterocycles. The number of hydrogen-bond donors (Lipinski definition) is 3. The standard InChI is InChI=1S/C11H19N5O2/c1-4-9-8(6-16(3)14-9)11(17)13-7(2)5-10(12)15-18/h6-7,18H,4-5H2,1-3H3,(H2,12,15)(H,13,17). The van der Waals surface area contributed by atoms with Crippen molar-refractivity contribution in [3.63, 3.8) is 0 Å². The molecular formula is C11H19N5O2. The van der Waals surface area contributed by atoms with Gasteiger partial charge in [-0.1, -0.05) is 12.1 Å². The molecule has 0 spiro atoms. The predicted octanol–water partition coefficient (Wildman–Crippen LogP) is 0.237. The van der Waals surface area contributed by atoms with E-state index in [-0.39, 0.29) is 17.8 Å². The number of nitrogens with one attached hydrogen (secondary N) is 1. The Hall–Kier alpha value is -2.05. The van der Waals surface area contributed by atoms with Crippen LogP contribution >= 0.6 is 0 Å². The van der Waals surface area contributed by atoms with E-state index in [0.29, 0.717) is 18.4 Å². The second-order valence-corrected chi connectivity index (χ2v) is 4.19. The Bertz CT molecular complexity index is 452. The van der Waals surface area contributed by atoms with Gasteiger partial charge in [-0.15, -0.1) is 0 Å². The Balaban J connectivity index is 2.70. The number of hydrogen-bond acceptors (Lipinski definition) is 4. The van der Waals surface area contributed by atoms with Crippen LogP contribution in [0.1, 0.15) is 36.3 Å². The Morgan fingerprint density at radius 3 is 2.94 bits per heavy atom. The minimum Gasteiger partial charge on any atom is -0.409 e. The van der Waals surface area contributed by atoms with Gasteiger partial charge in [0.2, 0.25) is 0 Å². The van der Waals surface area contributed by atoms with E-state index in [1.54, 1.807) is 24.9 Å². The maximum Gasteiger partial charge on any atom is 0.254 e. The van der Waals surface area contributed by atoms with E-state index in [9.17, 15) is 4.79 Å². The normalized spacial score (nSPS) is 13.4. The van der Waals surface area contributed by atoms with Crippen LogP contribution in [0.5, 0.6) is 0 Å². The fraction of sp³-hybridized carbons (Fsp3) is 0.545. The number of oxime groups is 1. The quantitative estimate of drug-likeness (QED) is 0.302. The van der Waals surface area contributed by atoms with Crippen molar-refractivity contribution in [1.29, 1.82) is 0 Å². The summed E-state index contributed by atoms with van der Waals surface area (Å²) in [5.41, 5.74) is 6.70. The van der Waals surface area contributed by atoms with Crippen molar-refractivity contribution in [1.82, 2.24) is 15.1 Å². The van der Waals surface area contributed by atoms with E-state index >= 15 is 0 Å². The van der Waals surface area contributed by atoms with E-state index in [0.717, 1.165) is 5.69 Å². The zero-order valence-electron chi connectivity index (χ0n) is 10.8. The second kappa shape index (κ2) is 6.04. The molecule has 0 aromatic carbocycles. The molecule has 0 radical (unpaired) electrons. The van der Waals surface area contributed by atoms with Crippen LogP contribution in [0.4, 0.5) is 0 Å². The molecule has 0 fully saturated rings. The van der Waals surface area contributed by atoms with Crippen LogP contribution in [-0.2, 0) is 13.5 Å². The zero-order valence-corrected chi connectivity index (χ0v) is 10.8. The Labute approximate surface area is 106 Å². The summed E-state index contributed by atoms with van der Waals surface area (Å²) in [6.45, 7) is 3.73. The number of aromatic nitrogens is 2. The van der Waals surface area contributed by atoms with Crippen molar-refractivity contribution in [3.05, 3.63) is 17.5 Å². The third-order valence-electron chi connectivity index (χ3n) is 2.51. The average Bonchev–Trinajstić information content (AvgIpc) is 2.70. The van der Waals surface area contributed by atoms with Gasteiger partial charge in [-0.25, -0.2) is 0 Å². The lowest BCUT2D eigenvalue weighted by Crippen LogP contribution is -2.36. The van der Waals surface area contributed by atoms with Gasteiger partial charge >= 0.3 is 0 Å². The number of carbonyl (C=O) groups excluding carboxylic acids is 1. The Kier molecular flexibility index (Phi) is 4.70. The lowest BCUT2D eigenvalue weighted by Gasteiger charge is -2.12. The van der Waals surface area contributed by atoms with Crippen LogP contribution in [0, 0.1) is 0 Å². The first-order valence-electron chi connectivity index (χ1n) is 5.77. The van der Waals surface area contributed by atoms with Gasteiger partial charge in [-0.3, -0.25) is 9.48 Å². The van der Waals surface area contributed by atoms with Gasteiger partial charge in [0.05, 0.1) is 11.3 Å². The van der Waals surface area contributed by atoms with E-state index in [1.807, 2.05) is 6.92 Å². The molecule has 0 saturated heterocycles. The van der Waals surface area contributed by atoms with Crippen LogP contribution < -0.4 is 11.1 Å². The highest BCUT2D eigenvalue weighted by atomic mass is 16.4. The summed E-state index contributed by atoms with van der Waals surface area (Å²) in [7, 11) is 1.77. The molecule has 1 atom stereocenters. The summed E-state index contributed by atoms with van der Waals surface area (Å²) in [5, 5.41) is 18.3. The van der Waals surface area contributed by atoms with Gasteiger partial charge in [-0.2, -0.15) is 5.10 Å². The van der Waals surface area contributed by atoms with Gasteiger partial charge in [-0.05, 0) is 13.3 Å². The monoisotopic (exact) mass is 253 g/mol. The molecule has 0 aliphatic heterocycles. The first kappa shape index (κ1) is 14.0. The molecule has 1 unspecified atom stereocenters. The van der Waals surface area contributed by atoms with E-state index in [2.05, 4.69) is 15.6 Å². The van der Waals surface area contributed by atoms with Gasteiger partial charge in [0.15, 0.2) is 0 Å². The highest BCUT2D eigenvalue weighted by molar-refractivity contribution is 5.95. The Morgan fingerprint density at radius 2 is 2.39 bits per heavy atom. The summed E-state index contributed by atoms with van der Waals surface area (Å²) in [4.78, 5) is 12.0. The summed E-state index contributed by atoms with van der Waals surface area (Å²) in [6.07, 6.45) is 2.67. The molecule has 18 heavy (non-hydrogen) atoms. The molecule has 0 bridgehead atoms. The largest absolute Gasteiger partial charge is 0.409 e. The summed E-state index contributed by atoms with van der Waals surface area (Å²) >= 11 is 0. The number of aryl methyl sites for hydroxylation is 2. The van der Waals surface area contributed by atoms with Gasteiger partial charge in [0.1, 0.15) is 5.84 Å². The molecule has 100 valence electrons. The molecule has 7 heteroatoms. The maximum absolute atomic E-state index is 12.0. The molecule has 0 aliphatic carbocycles. The first-order valence-corrected chi connectivity index (χ1v) is 5.77. The van der Waals surface area contributed by atoms with Crippen LogP contribution in [0.15, 0.2) is 11.4 Å². The smallest absolute Gasteiger partial charge is 0.254 e. The van der Waals surface area contributed by atoms with E-state index < -0.39 is 0 Å².